The lowest BCUT2D eigenvalue weighted by molar-refractivity contribution is -0.137. The Morgan fingerprint density at radius 2 is 1.90 bits per heavy atom. The van der Waals surface area contributed by atoms with Crippen molar-refractivity contribution in [2.75, 3.05) is 25.5 Å². The zero-order chi connectivity index (χ0) is 22.5. The van der Waals surface area contributed by atoms with E-state index in [9.17, 15) is 14.0 Å². The summed E-state index contributed by atoms with van der Waals surface area (Å²) in [7, 11) is 3.58. The Kier molecular flexibility index (Phi) is 7.22. The van der Waals surface area contributed by atoms with Gasteiger partial charge < -0.3 is 20.4 Å². The number of carbonyl (C=O) groups excluding carboxylic acids is 2. The molecule has 1 saturated heterocycles. The molecule has 0 unspecified atom stereocenters. The molecule has 3 rings (SSSR count). The maximum Gasteiger partial charge on any atom is 0.245 e. The van der Waals surface area contributed by atoms with Crippen molar-refractivity contribution < 1.29 is 14.0 Å². The second-order valence-corrected chi connectivity index (χ2v) is 7.91. The third kappa shape index (κ3) is 5.19. The molecule has 1 aliphatic rings. The quantitative estimate of drug-likeness (QED) is 0.711. The molecule has 31 heavy (non-hydrogen) atoms. The van der Waals surface area contributed by atoms with Crippen molar-refractivity contribution >= 4 is 23.3 Å². The molecule has 0 aliphatic carbocycles. The number of halogens is 1. The number of aromatic nitrogens is 1. The first-order valence-corrected chi connectivity index (χ1v) is 10.5. The predicted octanol–water partition coefficient (Wildman–Crippen LogP) is 2.76. The van der Waals surface area contributed by atoms with Gasteiger partial charge in [-0.3, -0.25) is 9.59 Å². The molecule has 0 bridgehead atoms. The molecule has 2 amide bonds. The fraction of sp³-hybridized carbons (Fsp3) is 0.435. The lowest BCUT2D eigenvalue weighted by atomic mass is 10.0. The fourth-order valence-corrected chi connectivity index (χ4v) is 3.78. The van der Waals surface area contributed by atoms with Crippen LogP contribution in [-0.2, 0) is 9.59 Å². The Hall–Kier alpha value is -3.00. The number of carbonyl (C=O) groups is 2. The number of pyridine rings is 1. The molecule has 1 fully saturated rings. The van der Waals surface area contributed by atoms with Gasteiger partial charge in [0.1, 0.15) is 17.7 Å². The molecule has 166 valence electrons. The first kappa shape index (κ1) is 22.7. The number of rotatable bonds is 7. The van der Waals surface area contributed by atoms with Gasteiger partial charge in [0.25, 0.3) is 0 Å². The molecule has 7 nitrogen and oxygen atoms in total. The van der Waals surface area contributed by atoms with Gasteiger partial charge in [-0.05, 0) is 75.7 Å². The van der Waals surface area contributed by atoms with Gasteiger partial charge in [-0.1, -0.05) is 0 Å². The molecule has 2 N–H and O–H groups in total. The van der Waals surface area contributed by atoms with E-state index in [0.29, 0.717) is 12.4 Å². The number of amides is 2. The van der Waals surface area contributed by atoms with Crippen molar-refractivity contribution in [1.82, 2.24) is 20.5 Å². The highest BCUT2D eigenvalue weighted by molar-refractivity contribution is 5.89. The number of hydrogen-bond donors (Lipinski definition) is 2. The number of nitrogens with zero attached hydrogens (tertiary/aromatic N) is 3. The standard InChI is InChI=1S/C23H30FN5O2/c1-15(25-3)22(30)27-16(2)23(31)29-13-5-6-20(29)17-11-12-26-21(14-17)28(4)19-9-7-18(24)8-10-19/h7-12,14-16,20,25H,5-6,13H2,1-4H3,(H,27,30)/t15-,16-,20-/m0/s1. The zero-order valence-corrected chi connectivity index (χ0v) is 18.4. The molecule has 1 aromatic heterocycles. The van der Waals surface area contributed by atoms with E-state index in [1.807, 2.05) is 29.0 Å². The van der Waals surface area contributed by atoms with Gasteiger partial charge in [0.2, 0.25) is 11.8 Å². The van der Waals surface area contributed by atoms with E-state index >= 15 is 0 Å². The third-order valence-corrected chi connectivity index (χ3v) is 5.80. The molecule has 1 aromatic carbocycles. The molecule has 0 spiro atoms. The first-order chi connectivity index (χ1) is 14.8. The fourth-order valence-electron chi connectivity index (χ4n) is 3.78. The summed E-state index contributed by atoms with van der Waals surface area (Å²) in [6.07, 6.45) is 3.48. The average Bonchev–Trinajstić information content (AvgIpc) is 3.28. The summed E-state index contributed by atoms with van der Waals surface area (Å²) in [5.41, 5.74) is 1.81. The molecule has 0 radical (unpaired) electrons. The number of benzene rings is 1. The number of likely N-dealkylation sites (tertiary alicyclic amines) is 1. The lowest BCUT2D eigenvalue weighted by Gasteiger charge is -2.29. The molecule has 1 aliphatic heterocycles. The Morgan fingerprint density at radius 3 is 2.58 bits per heavy atom. The highest BCUT2D eigenvalue weighted by atomic mass is 19.1. The third-order valence-electron chi connectivity index (χ3n) is 5.80. The van der Waals surface area contributed by atoms with E-state index in [4.69, 9.17) is 0 Å². The summed E-state index contributed by atoms with van der Waals surface area (Å²) in [6.45, 7) is 4.12. The first-order valence-electron chi connectivity index (χ1n) is 10.5. The van der Waals surface area contributed by atoms with E-state index in [2.05, 4.69) is 15.6 Å². The van der Waals surface area contributed by atoms with Crippen LogP contribution in [0.25, 0.3) is 0 Å². The molecular weight excluding hydrogens is 397 g/mol. The van der Waals surface area contributed by atoms with Crippen LogP contribution in [0.1, 0.15) is 38.3 Å². The minimum atomic E-state index is -0.605. The summed E-state index contributed by atoms with van der Waals surface area (Å²) in [6, 6.07) is 9.07. The topological polar surface area (TPSA) is 77.6 Å². The van der Waals surface area contributed by atoms with Crippen LogP contribution in [-0.4, -0.2) is 54.4 Å². The summed E-state index contributed by atoms with van der Waals surface area (Å²) < 4.78 is 13.2. The molecular formula is C23H30FN5O2. The van der Waals surface area contributed by atoms with E-state index in [0.717, 1.165) is 24.1 Å². The van der Waals surface area contributed by atoms with Gasteiger partial charge in [-0.2, -0.15) is 0 Å². The highest BCUT2D eigenvalue weighted by Gasteiger charge is 2.33. The molecule has 3 atom stereocenters. The van der Waals surface area contributed by atoms with Gasteiger partial charge in [-0.25, -0.2) is 9.37 Å². The SMILES string of the molecule is CN[C@@H](C)C(=O)N[C@@H](C)C(=O)N1CCC[C@H]1c1ccnc(N(C)c2ccc(F)cc2)c1. The maximum atomic E-state index is 13.2. The highest BCUT2D eigenvalue weighted by Crippen LogP contribution is 2.34. The second kappa shape index (κ2) is 9.87. The minimum absolute atomic E-state index is 0.0723. The Labute approximate surface area is 182 Å². The van der Waals surface area contributed by atoms with Crippen molar-refractivity contribution in [3.8, 4) is 0 Å². The van der Waals surface area contributed by atoms with Crippen molar-refractivity contribution in [2.24, 2.45) is 0 Å². The van der Waals surface area contributed by atoms with Gasteiger partial charge >= 0.3 is 0 Å². The summed E-state index contributed by atoms with van der Waals surface area (Å²) >= 11 is 0. The normalized spacial score (nSPS) is 17.8. The maximum absolute atomic E-state index is 13.2. The predicted molar refractivity (Wildman–Crippen MR) is 119 cm³/mol. The largest absolute Gasteiger partial charge is 0.343 e. The van der Waals surface area contributed by atoms with E-state index in [1.165, 1.54) is 12.1 Å². The Bertz CT molecular complexity index is 920. The van der Waals surface area contributed by atoms with Crippen molar-refractivity contribution in [3.63, 3.8) is 0 Å². The van der Waals surface area contributed by atoms with Crippen LogP contribution in [0.5, 0.6) is 0 Å². The summed E-state index contributed by atoms with van der Waals surface area (Å²) in [5, 5.41) is 5.67. The van der Waals surface area contributed by atoms with Crippen LogP contribution in [0, 0.1) is 5.82 Å². The van der Waals surface area contributed by atoms with E-state index in [1.54, 1.807) is 39.2 Å². The van der Waals surface area contributed by atoms with Crippen LogP contribution in [0.2, 0.25) is 0 Å². The number of anilines is 2. The van der Waals surface area contributed by atoms with Crippen LogP contribution < -0.4 is 15.5 Å². The zero-order valence-electron chi connectivity index (χ0n) is 18.4. The van der Waals surface area contributed by atoms with Gasteiger partial charge in [0.05, 0.1) is 12.1 Å². The Balaban J connectivity index is 1.76. The van der Waals surface area contributed by atoms with Crippen LogP contribution >= 0.6 is 0 Å². The number of hydrogen-bond acceptors (Lipinski definition) is 5. The smallest absolute Gasteiger partial charge is 0.245 e. The molecule has 8 heteroatoms. The molecule has 2 aromatic rings. The van der Waals surface area contributed by atoms with Crippen molar-refractivity contribution in [2.45, 2.75) is 44.8 Å². The average molecular weight is 428 g/mol. The minimum Gasteiger partial charge on any atom is -0.343 e. The molecule has 0 saturated carbocycles. The van der Waals surface area contributed by atoms with Crippen molar-refractivity contribution in [3.05, 3.63) is 54.0 Å². The van der Waals surface area contributed by atoms with Crippen LogP contribution in [0.4, 0.5) is 15.9 Å². The Morgan fingerprint density at radius 1 is 1.19 bits per heavy atom. The van der Waals surface area contributed by atoms with Gasteiger partial charge in [-0.15, -0.1) is 0 Å². The van der Waals surface area contributed by atoms with Gasteiger partial charge in [0.15, 0.2) is 0 Å². The van der Waals surface area contributed by atoms with E-state index < -0.39 is 6.04 Å². The second-order valence-electron chi connectivity index (χ2n) is 7.91. The van der Waals surface area contributed by atoms with Crippen LogP contribution in [0.15, 0.2) is 42.6 Å². The summed E-state index contributed by atoms with van der Waals surface area (Å²) in [5.74, 6) is 0.132. The van der Waals surface area contributed by atoms with E-state index in [-0.39, 0.29) is 29.7 Å². The van der Waals surface area contributed by atoms with Crippen molar-refractivity contribution in [1.29, 1.82) is 0 Å². The van der Waals surface area contributed by atoms with Crippen LogP contribution in [0.3, 0.4) is 0 Å². The van der Waals surface area contributed by atoms with Gasteiger partial charge in [0, 0.05) is 25.5 Å². The number of nitrogens with one attached hydrogen (secondary N) is 2. The lowest BCUT2D eigenvalue weighted by Crippen LogP contribution is -2.51. The summed E-state index contributed by atoms with van der Waals surface area (Å²) in [4.78, 5) is 33.4. The number of likely N-dealkylation sites (N-methyl/N-ethyl adjacent to an activating group) is 1. The molecule has 2 heterocycles. The monoisotopic (exact) mass is 427 g/mol.